The molecular weight excluding hydrogens is 208 g/mol. The van der Waals surface area contributed by atoms with Gasteiger partial charge in [0.2, 0.25) is 0 Å². The van der Waals surface area contributed by atoms with Gasteiger partial charge in [0.05, 0.1) is 0 Å². The predicted octanol–water partition coefficient (Wildman–Crippen LogP) is 2.99. The molecule has 102 valence electrons. The Morgan fingerprint density at radius 1 is 1.12 bits per heavy atom. The van der Waals surface area contributed by atoms with Crippen molar-refractivity contribution in [2.45, 2.75) is 53.5 Å². The minimum Gasteiger partial charge on any atom is -0.315 e. The van der Waals surface area contributed by atoms with Gasteiger partial charge in [-0.2, -0.15) is 0 Å². The standard InChI is InChI=1S/C15H32N2/c1-6-17(14-7-8-14)10-9-16-11-15(12(2)3)13(4)5/h12-16H,6-11H2,1-5H3. The van der Waals surface area contributed by atoms with E-state index in [9.17, 15) is 0 Å². The number of likely N-dealkylation sites (N-methyl/N-ethyl adjacent to an activating group) is 1. The second-order valence-corrected chi connectivity index (χ2v) is 6.22. The summed E-state index contributed by atoms with van der Waals surface area (Å²) in [6.45, 7) is 16.4. The Bertz CT molecular complexity index is 189. The molecule has 0 radical (unpaired) electrons. The lowest BCUT2D eigenvalue weighted by molar-refractivity contribution is 0.251. The first kappa shape index (κ1) is 15.0. The van der Waals surface area contributed by atoms with E-state index in [1.165, 1.54) is 32.5 Å². The Balaban J connectivity index is 2.13. The van der Waals surface area contributed by atoms with Gasteiger partial charge in [-0.3, -0.25) is 4.90 Å². The Morgan fingerprint density at radius 3 is 2.12 bits per heavy atom. The smallest absolute Gasteiger partial charge is 0.0110 e. The monoisotopic (exact) mass is 240 g/mol. The van der Waals surface area contributed by atoms with Crippen LogP contribution in [0.25, 0.3) is 0 Å². The predicted molar refractivity (Wildman–Crippen MR) is 76.3 cm³/mol. The highest BCUT2D eigenvalue weighted by atomic mass is 15.2. The van der Waals surface area contributed by atoms with Crippen LogP contribution in [-0.2, 0) is 0 Å². The molecule has 0 unspecified atom stereocenters. The van der Waals surface area contributed by atoms with Crippen molar-refractivity contribution in [3.63, 3.8) is 0 Å². The van der Waals surface area contributed by atoms with Gasteiger partial charge in [-0.1, -0.05) is 34.6 Å². The van der Waals surface area contributed by atoms with Gasteiger partial charge >= 0.3 is 0 Å². The van der Waals surface area contributed by atoms with E-state index in [1.807, 2.05) is 0 Å². The van der Waals surface area contributed by atoms with Crippen molar-refractivity contribution in [2.75, 3.05) is 26.2 Å². The van der Waals surface area contributed by atoms with Crippen LogP contribution < -0.4 is 5.32 Å². The molecule has 0 aromatic carbocycles. The maximum absolute atomic E-state index is 3.65. The molecule has 1 rings (SSSR count). The fourth-order valence-corrected chi connectivity index (χ4v) is 2.77. The van der Waals surface area contributed by atoms with Crippen molar-refractivity contribution in [1.82, 2.24) is 10.2 Å². The molecule has 1 fully saturated rings. The largest absolute Gasteiger partial charge is 0.315 e. The second kappa shape index (κ2) is 7.38. The molecule has 0 heterocycles. The summed E-state index contributed by atoms with van der Waals surface area (Å²) >= 11 is 0. The van der Waals surface area contributed by atoms with Crippen LogP contribution in [0.4, 0.5) is 0 Å². The lowest BCUT2D eigenvalue weighted by Crippen LogP contribution is -2.37. The topological polar surface area (TPSA) is 15.3 Å². The van der Waals surface area contributed by atoms with Gasteiger partial charge in [0, 0.05) is 19.1 Å². The molecule has 0 aliphatic heterocycles. The van der Waals surface area contributed by atoms with E-state index in [0.717, 1.165) is 30.3 Å². The molecule has 2 heteroatoms. The third-order valence-corrected chi connectivity index (χ3v) is 4.14. The summed E-state index contributed by atoms with van der Waals surface area (Å²) in [5.74, 6) is 2.38. The second-order valence-electron chi connectivity index (χ2n) is 6.22. The van der Waals surface area contributed by atoms with Crippen LogP contribution in [0.15, 0.2) is 0 Å². The number of rotatable bonds is 9. The zero-order valence-electron chi connectivity index (χ0n) is 12.5. The van der Waals surface area contributed by atoms with Gasteiger partial charge in [0.1, 0.15) is 0 Å². The lowest BCUT2D eigenvalue weighted by Gasteiger charge is -2.26. The summed E-state index contributed by atoms with van der Waals surface area (Å²) in [6.07, 6.45) is 2.85. The summed E-state index contributed by atoms with van der Waals surface area (Å²) in [6, 6.07) is 0.910. The number of hydrogen-bond donors (Lipinski definition) is 1. The molecule has 0 saturated heterocycles. The average Bonchev–Trinajstić information content (AvgIpc) is 3.06. The van der Waals surface area contributed by atoms with Gasteiger partial charge in [0.25, 0.3) is 0 Å². The quantitative estimate of drug-likeness (QED) is 0.623. The first-order chi connectivity index (χ1) is 8.06. The van der Waals surface area contributed by atoms with E-state index in [4.69, 9.17) is 0 Å². The molecule has 1 saturated carbocycles. The zero-order valence-corrected chi connectivity index (χ0v) is 12.5. The third kappa shape index (κ3) is 5.39. The minimum atomic E-state index is 0.785. The lowest BCUT2D eigenvalue weighted by atomic mass is 9.85. The summed E-state index contributed by atoms with van der Waals surface area (Å²) < 4.78 is 0. The minimum absolute atomic E-state index is 0.785. The first-order valence-electron chi connectivity index (χ1n) is 7.51. The Kier molecular flexibility index (Phi) is 6.50. The van der Waals surface area contributed by atoms with E-state index >= 15 is 0 Å². The Labute approximate surface area is 108 Å². The first-order valence-corrected chi connectivity index (χ1v) is 7.51. The fraction of sp³-hybridized carbons (Fsp3) is 1.00. The van der Waals surface area contributed by atoms with Crippen molar-refractivity contribution >= 4 is 0 Å². The Morgan fingerprint density at radius 2 is 1.71 bits per heavy atom. The Hall–Kier alpha value is -0.0800. The zero-order chi connectivity index (χ0) is 12.8. The highest BCUT2D eigenvalue weighted by Gasteiger charge is 2.27. The van der Waals surface area contributed by atoms with Crippen molar-refractivity contribution in [3.05, 3.63) is 0 Å². The van der Waals surface area contributed by atoms with Crippen molar-refractivity contribution < 1.29 is 0 Å². The van der Waals surface area contributed by atoms with E-state index in [2.05, 4.69) is 44.8 Å². The maximum Gasteiger partial charge on any atom is 0.0110 e. The molecule has 17 heavy (non-hydrogen) atoms. The van der Waals surface area contributed by atoms with Crippen molar-refractivity contribution in [3.8, 4) is 0 Å². The molecule has 0 bridgehead atoms. The SMILES string of the molecule is CCN(CCNCC(C(C)C)C(C)C)C1CC1. The van der Waals surface area contributed by atoms with Gasteiger partial charge < -0.3 is 5.32 Å². The molecule has 1 aliphatic rings. The third-order valence-electron chi connectivity index (χ3n) is 4.14. The summed E-state index contributed by atoms with van der Waals surface area (Å²) in [5.41, 5.74) is 0. The highest BCUT2D eigenvalue weighted by Crippen LogP contribution is 2.25. The fourth-order valence-electron chi connectivity index (χ4n) is 2.77. The van der Waals surface area contributed by atoms with Crippen LogP contribution >= 0.6 is 0 Å². The van der Waals surface area contributed by atoms with E-state index in [-0.39, 0.29) is 0 Å². The number of hydrogen-bond acceptors (Lipinski definition) is 2. The molecular formula is C15H32N2. The van der Waals surface area contributed by atoms with E-state index < -0.39 is 0 Å². The summed E-state index contributed by atoms with van der Waals surface area (Å²) in [7, 11) is 0. The molecule has 0 aromatic rings. The normalized spacial score (nSPS) is 16.8. The van der Waals surface area contributed by atoms with Gasteiger partial charge in [-0.05, 0) is 43.7 Å². The molecule has 0 amide bonds. The van der Waals surface area contributed by atoms with Crippen LogP contribution in [0.3, 0.4) is 0 Å². The highest BCUT2D eigenvalue weighted by molar-refractivity contribution is 4.84. The maximum atomic E-state index is 3.65. The van der Waals surface area contributed by atoms with Gasteiger partial charge in [-0.15, -0.1) is 0 Å². The van der Waals surface area contributed by atoms with E-state index in [0.29, 0.717) is 0 Å². The summed E-state index contributed by atoms with van der Waals surface area (Å²) in [4.78, 5) is 2.62. The van der Waals surface area contributed by atoms with Crippen LogP contribution in [0.5, 0.6) is 0 Å². The summed E-state index contributed by atoms with van der Waals surface area (Å²) in [5, 5.41) is 3.65. The number of nitrogens with zero attached hydrogens (tertiary/aromatic N) is 1. The molecule has 1 aliphatic carbocycles. The molecule has 0 spiro atoms. The van der Waals surface area contributed by atoms with E-state index in [1.54, 1.807) is 0 Å². The van der Waals surface area contributed by atoms with Crippen LogP contribution in [-0.4, -0.2) is 37.1 Å². The molecule has 0 aromatic heterocycles. The molecule has 1 N–H and O–H groups in total. The molecule has 2 nitrogen and oxygen atoms in total. The van der Waals surface area contributed by atoms with Crippen LogP contribution in [0.2, 0.25) is 0 Å². The number of nitrogens with one attached hydrogen (secondary N) is 1. The van der Waals surface area contributed by atoms with Crippen LogP contribution in [0, 0.1) is 17.8 Å². The van der Waals surface area contributed by atoms with Crippen molar-refractivity contribution in [2.24, 2.45) is 17.8 Å². The molecule has 0 atom stereocenters. The van der Waals surface area contributed by atoms with Crippen molar-refractivity contribution in [1.29, 1.82) is 0 Å². The van der Waals surface area contributed by atoms with Crippen LogP contribution in [0.1, 0.15) is 47.5 Å². The van der Waals surface area contributed by atoms with Gasteiger partial charge in [0.15, 0.2) is 0 Å². The average molecular weight is 240 g/mol. The van der Waals surface area contributed by atoms with Gasteiger partial charge in [-0.25, -0.2) is 0 Å².